The van der Waals surface area contributed by atoms with E-state index in [0.717, 1.165) is 11.1 Å². The summed E-state index contributed by atoms with van der Waals surface area (Å²) in [6, 6.07) is 7.30. The Labute approximate surface area is 134 Å². The van der Waals surface area contributed by atoms with Crippen molar-refractivity contribution in [1.29, 1.82) is 0 Å². The molecule has 23 heavy (non-hydrogen) atoms. The molecule has 0 spiro atoms. The highest BCUT2D eigenvalue weighted by Crippen LogP contribution is 2.39. The first-order chi connectivity index (χ1) is 10.8. The van der Waals surface area contributed by atoms with Gasteiger partial charge in [-0.2, -0.15) is 0 Å². The van der Waals surface area contributed by atoms with Gasteiger partial charge < -0.3 is 20.5 Å². The van der Waals surface area contributed by atoms with E-state index in [2.05, 4.69) is 10.3 Å². The molecule has 0 bridgehead atoms. The van der Waals surface area contributed by atoms with Crippen LogP contribution in [0.3, 0.4) is 0 Å². The van der Waals surface area contributed by atoms with E-state index in [0.29, 0.717) is 29.6 Å². The summed E-state index contributed by atoms with van der Waals surface area (Å²) < 4.78 is 11.7. The third-order valence-corrected chi connectivity index (χ3v) is 3.46. The summed E-state index contributed by atoms with van der Waals surface area (Å²) in [6.07, 6.45) is 1.63. The average molecular weight is 313 g/mol. The number of carbonyl (C=O) groups excluding carboxylic acids is 1. The first-order valence-electron chi connectivity index (χ1n) is 7.33. The number of nitrogens with two attached hydrogens (primary N) is 1. The fourth-order valence-corrected chi connectivity index (χ4v) is 2.41. The Kier molecular flexibility index (Phi) is 3.60. The van der Waals surface area contributed by atoms with Crippen molar-refractivity contribution in [3.8, 4) is 22.6 Å². The quantitative estimate of drug-likeness (QED) is 0.890. The highest BCUT2D eigenvalue weighted by molar-refractivity contribution is 5.89. The van der Waals surface area contributed by atoms with E-state index in [1.54, 1.807) is 12.3 Å². The molecule has 1 amide bonds. The van der Waals surface area contributed by atoms with Crippen molar-refractivity contribution in [3.63, 3.8) is 0 Å². The van der Waals surface area contributed by atoms with Gasteiger partial charge in [0, 0.05) is 30.4 Å². The zero-order chi connectivity index (χ0) is 16.6. The van der Waals surface area contributed by atoms with E-state index in [1.165, 1.54) is 6.92 Å². The molecule has 6 heteroatoms. The molecule has 3 N–H and O–H groups in total. The zero-order valence-corrected chi connectivity index (χ0v) is 13.3. The molecule has 0 aliphatic carbocycles. The lowest BCUT2D eigenvalue weighted by molar-refractivity contribution is -0.114. The van der Waals surface area contributed by atoms with Crippen LogP contribution in [-0.4, -0.2) is 23.1 Å². The lowest BCUT2D eigenvalue weighted by atomic mass is 10.0. The molecular weight excluding hydrogens is 294 g/mol. The van der Waals surface area contributed by atoms with Gasteiger partial charge in [-0.05, 0) is 31.5 Å². The van der Waals surface area contributed by atoms with Crippen molar-refractivity contribution in [2.75, 3.05) is 17.7 Å². The lowest BCUT2D eigenvalue weighted by Crippen LogP contribution is -2.38. The zero-order valence-electron chi connectivity index (χ0n) is 13.3. The van der Waals surface area contributed by atoms with Gasteiger partial charge >= 0.3 is 0 Å². The van der Waals surface area contributed by atoms with Gasteiger partial charge in [0.2, 0.25) is 5.91 Å². The number of nitrogen functional groups attached to an aromatic ring is 1. The molecule has 6 nitrogen and oxygen atoms in total. The second-order valence-corrected chi connectivity index (χ2v) is 6.15. The molecule has 1 aromatic heterocycles. The normalized spacial score (nSPS) is 15.1. The number of hydrogen-bond donors (Lipinski definition) is 2. The van der Waals surface area contributed by atoms with E-state index >= 15 is 0 Å². The number of aromatic nitrogens is 1. The predicted octanol–water partition coefficient (Wildman–Crippen LogP) is 2.84. The second kappa shape index (κ2) is 5.46. The standard InChI is InChI=1S/C17H19N3O3/c1-10(21)20-16-7-13(18)12(8-19-16)11-4-5-14-15(6-11)22-9-17(2,3)23-14/h4-8H,9H2,1-3H3,(H3,18,19,20,21). The molecule has 0 saturated carbocycles. The molecule has 0 unspecified atom stereocenters. The topological polar surface area (TPSA) is 86.5 Å². The SMILES string of the molecule is CC(=O)Nc1cc(N)c(-c2ccc3c(c2)OCC(C)(C)O3)cn1. The Morgan fingerprint density at radius 1 is 1.30 bits per heavy atom. The van der Waals surface area contributed by atoms with Gasteiger partial charge in [-0.3, -0.25) is 4.79 Å². The van der Waals surface area contributed by atoms with Gasteiger partial charge in [0.05, 0.1) is 0 Å². The minimum absolute atomic E-state index is 0.188. The van der Waals surface area contributed by atoms with Crippen LogP contribution >= 0.6 is 0 Å². The van der Waals surface area contributed by atoms with E-state index in [9.17, 15) is 4.79 Å². The summed E-state index contributed by atoms with van der Waals surface area (Å²) in [7, 11) is 0. The molecule has 0 atom stereocenters. The number of nitrogens with one attached hydrogen (secondary N) is 1. The maximum atomic E-state index is 11.1. The van der Waals surface area contributed by atoms with Gasteiger partial charge in [-0.1, -0.05) is 6.07 Å². The van der Waals surface area contributed by atoms with E-state index in [-0.39, 0.29) is 11.5 Å². The summed E-state index contributed by atoms with van der Waals surface area (Å²) in [4.78, 5) is 15.3. The molecule has 1 aliphatic heterocycles. The van der Waals surface area contributed by atoms with Crippen LogP contribution in [0, 0.1) is 0 Å². The fourth-order valence-electron chi connectivity index (χ4n) is 2.41. The Bertz CT molecular complexity index is 772. The van der Waals surface area contributed by atoms with Crippen molar-refractivity contribution in [2.45, 2.75) is 26.4 Å². The molecule has 1 aliphatic rings. The Hall–Kier alpha value is -2.76. The van der Waals surface area contributed by atoms with Gasteiger partial charge in [0.15, 0.2) is 11.5 Å². The highest BCUT2D eigenvalue weighted by atomic mass is 16.6. The Balaban J connectivity index is 1.92. The highest BCUT2D eigenvalue weighted by Gasteiger charge is 2.28. The van der Waals surface area contributed by atoms with Gasteiger partial charge in [0.1, 0.15) is 18.0 Å². The minimum Gasteiger partial charge on any atom is -0.486 e. The van der Waals surface area contributed by atoms with Crippen LogP contribution in [0.1, 0.15) is 20.8 Å². The number of amides is 1. The molecule has 0 saturated heterocycles. The molecular formula is C17H19N3O3. The van der Waals surface area contributed by atoms with Gasteiger partial charge in [-0.15, -0.1) is 0 Å². The second-order valence-electron chi connectivity index (χ2n) is 6.15. The van der Waals surface area contributed by atoms with E-state index in [1.807, 2.05) is 32.0 Å². The number of benzene rings is 1. The number of anilines is 2. The van der Waals surface area contributed by atoms with Crippen molar-refractivity contribution in [3.05, 3.63) is 30.5 Å². The maximum Gasteiger partial charge on any atom is 0.222 e. The van der Waals surface area contributed by atoms with Crippen LogP contribution in [0.15, 0.2) is 30.5 Å². The number of carbonyl (C=O) groups is 1. The molecule has 3 rings (SSSR count). The largest absolute Gasteiger partial charge is 0.486 e. The van der Waals surface area contributed by atoms with E-state index in [4.69, 9.17) is 15.2 Å². The first kappa shape index (κ1) is 15.1. The summed E-state index contributed by atoms with van der Waals surface area (Å²) >= 11 is 0. The molecule has 120 valence electrons. The third kappa shape index (κ3) is 3.21. The number of pyridine rings is 1. The number of ether oxygens (including phenoxy) is 2. The van der Waals surface area contributed by atoms with Crippen molar-refractivity contribution < 1.29 is 14.3 Å². The van der Waals surface area contributed by atoms with Crippen LogP contribution in [0.25, 0.3) is 11.1 Å². The third-order valence-electron chi connectivity index (χ3n) is 3.46. The summed E-state index contributed by atoms with van der Waals surface area (Å²) in [6.45, 7) is 5.87. The Morgan fingerprint density at radius 2 is 2.09 bits per heavy atom. The fraction of sp³-hybridized carbons (Fsp3) is 0.294. The van der Waals surface area contributed by atoms with E-state index < -0.39 is 0 Å². The van der Waals surface area contributed by atoms with Gasteiger partial charge in [-0.25, -0.2) is 4.98 Å². The summed E-state index contributed by atoms with van der Waals surface area (Å²) in [5.74, 6) is 1.64. The van der Waals surface area contributed by atoms with Crippen LogP contribution in [0.2, 0.25) is 0 Å². The smallest absolute Gasteiger partial charge is 0.222 e. The lowest BCUT2D eigenvalue weighted by Gasteiger charge is -2.32. The molecule has 0 radical (unpaired) electrons. The Morgan fingerprint density at radius 3 is 2.78 bits per heavy atom. The van der Waals surface area contributed by atoms with Crippen LogP contribution in [0.4, 0.5) is 11.5 Å². The van der Waals surface area contributed by atoms with Crippen LogP contribution < -0.4 is 20.5 Å². The van der Waals surface area contributed by atoms with Crippen molar-refractivity contribution >= 4 is 17.4 Å². The number of rotatable bonds is 2. The monoisotopic (exact) mass is 313 g/mol. The van der Waals surface area contributed by atoms with Crippen molar-refractivity contribution in [2.24, 2.45) is 0 Å². The van der Waals surface area contributed by atoms with Crippen LogP contribution in [-0.2, 0) is 4.79 Å². The minimum atomic E-state index is -0.338. The number of hydrogen-bond acceptors (Lipinski definition) is 5. The van der Waals surface area contributed by atoms with Gasteiger partial charge in [0.25, 0.3) is 0 Å². The average Bonchev–Trinajstić information content (AvgIpc) is 2.45. The predicted molar refractivity (Wildman–Crippen MR) is 88.6 cm³/mol. The molecule has 2 heterocycles. The summed E-state index contributed by atoms with van der Waals surface area (Å²) in [5, 5.41) is 2.61. The first-order valence-corrected chi connectivity index (χ1v) is 7.33. The number of fused-ring (bicyclic) bond motifs is 1. The molecule has 0 fully saturated rings. The van der Waals surface area contributed by atoms with Crippen molar-refractivity contribution in [1.82, 2.24) is 4.98 Å². The summed E-state index contributed by atoms with van der Waals surface area (Å²) in [5.41, 5.74) is 7.93. The molecule has 1 aromatic carbocycles. The maximum absolute atomic E-state index is 11.1. The molecule has 2 aromatic rings. The number of nitrogens with zero attached hydrogens (tertiary/aromatic N) is 1. The van der Waals surface area contributed by atoms with Crippen LogP contribution in [0.5, 0.6) is 11.5 Å².